The Kier molecular flexibility index (Phi) is 5.46. The van der Waals surface area contributed by atoms with Gasteiger partial charge in [0, 0.05) is 28.3 Å². The van der Waals surface area contributed by atoms with Crippen LogP contribution >= 0.6 is 27.5 Å². The van der Waals surface area contributed by atoms with E-state index in [4.69, 9.17) is 17.3 Å². The zero-order chi connectivity index (χ0) is 14.5. The Morgan fingerprint density at radius 1 is 1.20 bits per heavy atom. The second kappa shape index (κ2) is 7.11. The van der Waals surface area contributed by atoms with Crippen molar-refractivity contribution in [2.45, 2.75) is 13.0 Å². The lowest BCUT2D eigenvalue weighted by Gasteiger charge is -2.33. The van der Waals surface area contributed by atoms with Gasteiger partial charge in [-0.2, -0.15) is 0 Å². The summed E-state index contributed by atoms with van der Waals surface area (Å²) in [6, 6.07) is 16.2. The quantitative estimate of drug-likeness (QED) is 0.849. The van der Waals surface area contributed by atoms with Crippen LogP contribution in [0.1, 0.15) is 18.5 Å². The van der Waals surface area contributed by atoms with Crippen LogP contribution in [0.15, 0.2) is 53.0 Å². The highest BCUT2D eigenvalue weighted by Crippen LogP contribution is 2.32. The molecule has 2 N–H and O–H groups in total. The predicted molar refractivity (Wildman–Crippen MR) is 90.4 cm³/mol. The first-order valence-electron chi connectivity index (χ1n) is 6.64. The lowest BCUT2D eigenvalue weighted by atomic mass is 10.0. The van der Waals surface area contributed by atoms with Crippen LogP contribution in [0, 0.1) is 0 Å². The van der Waals surface area contributed by atoms with E-state index in [1.807, 2.05) is 36.4 Å². The topological polar surface area (TPSA) is 29.3 Å². The summed E-state index contributed by atoms with van der Waals surface area (Å²) in [6.07, 6.45) is 0. The standard InChI is InChI=1S/C16H18BrClN2/c1-2-20(13-6-4-3-5-7-13)16(11-19)14-10-12(17)8-9-15(14)18/h3-10,16H,2,11,19H2,1H3. The average Bonchev–Trinajstić information content (AvgIpc) is 2.48. The first-order chi connectivity index (χ1) is 9.67. The number of rotatable bonds is 5. The summed E-state index contributed by atoms with van der Waals surface area (Å²) in [5, 5.41) is 0.748. The number of para-hydroxylation sites is 1. The molecule has 0 saturated carbocycles. The lowest BCUT2D eigenvalue weighted by molar-refractivity contribution is 0.643. The van der Waals surface area contributed by atoms with Crippen LogP contribution in [0.5, 0.6) is 0 Å². The van der Waals surface area contributed by atoms with Gasteiger partial charge in [-0.15, -0.1) is 0 Å². The highest BCUT2D eigenvalue weighted by molar-refractivity contribution is 9.10. The minimum atomic E-state index is 0.0624. The van der Waals surface area contributed by atoms with Crippen LogP contribution in [0.2, 0.25) is 5.02 Å². The van der Waals surface area contributed by atoms with Crippen molar-refractivity contribution < 1.29 is 0 Å². The molecule has 4 heteroatoms. The SMILES string of the molecule is CCN(c1ccccc1)C(CN)c1cc(Br)ccc1Cl. The molecular formula is C16H18BrClN2. The Hall–Kier alpha value is -1.03. The molecule has 0 aliphatic heterocycles. The molecule has 0 aliphatic rings. The molecular weight excluding hydrogens is 336 g/mol. The van der Waals surface area contributed by atoms with Crippen molar-refractivity contribution in [3.8, 4) is 0 Å². The molecule has 2 aromatic carbocycles. The highest BCUT2D eigenvalue weighted by atomic mass is 79.9. The molecule has 0 radical (unpaired) electrons. The van der Waals surface area contributed by atoms with Gasteiger partial charge in [0.25, 0.3) is 0 Å². The maximum atomic E-state index is 6.36. The fraction of sp³-hybridized carbons (Fsp3) is 0.250. The molecule has 2 nitrogen and oxygen atoms in total. The second-order valence-electron chi connectivity index (χ2n) is 4.54. The van der Waals surface area contributed by atoms with E-state index in [-0.39, 0.29) is 6.04 Å². The van der Waals surface area contributed by atoms with Gasteiger partial charge in [-0.05, 0) is 42.8 Å². The van der Waals surface area contributed by atoms with Gasteiger partial charge in [0.2, 0.25) is 0 Å². The number of hydrogen-bond donors (Lipinski definition) is 1. The van der Waals surface area contributed by atoms with Gasteiger partial charge in [0.15, 0.2) is 0 Å². The Balaban J connectivity index is 2.42. The molecule has 0 aliphatic carbocycles. The zero-order valence-corrected chi connectivity index (χ0v) is 13.7. The second-order valence-corrected chi connectivity index (χ2v) is 5.86. The number of nitrogens with two attached hydrogens (primary N) is 1. The smallest absolute Gasteiger partial charge is 0.0679 e. The average molecular weight is 354 g/mol. The van der Waals surface area contributed by atoms with E-state index in [2.05, 4.69) is 39.9 Å². The predicted octanol–water partition coefficient (Wildman–Crippen LogP) is 4.63. The molecule has 0 fully saturated rings. The monoisotopic (exact) mass is 352 g/mol. The van der Waals surface area contributed by atoms with Crippen LogP contribution < -0.4 is 10.6 Å². The van der Waals surface area contributed by atoms with E-state index < -0.39 is 0 Å². The molecule has 0 spiro atoms. The fourth-order valence-electron chi connectivity index (χ4n) is 2.39. The summed E-state index contributed by atoms with van der Waals surface area (Å²) in [4.78, 5) is 2.27. The molecule has 0 bridgehead atoms. The van der Waals surface area contributed by atoms with E-state index in [1.165, 1.54) is 0 Å². The largest absolute Gasteiger partial charge is 0.363 e. The number of hydrogen-bond acceptors (Lipinski definition) is 2. The molecule has 2 aromatic rings. The molecule has 2 rings (SSSR count). The van der Waals surface area contributed by atoms with Crippen molar-refractivity contribution in [2.75, 3.05) is 18.0 Å². The van der Waals surface area contributed by atoms with E-state index in [1.54, 1.807) is 0 Å². The van der Waals surface area contributed by atoms with Crippen molar-refractivity contribution in [3.05, 3.63) is 63.6 Å². The van der Waals surface area contributed by atoms with Crippen LogP contribution in [0.25, 0.3) is 0 Å². The lowest BCUT2D eigenvalue weighted by Crippen LogP contribution is -2.33. The minimum absolute atomic E-state index is 0.0624. The third-order valence-corrected chi connectivity index (χ3v) is 4.18. The van der Waals surface area contributed by atoms with Gasteiger partial charge < -0.3 is 10.6 Å². The number of likely N-dealkylation sites (N-methyl/N-ethyl adjacent to an activating group) is 1. The van der Waals surface area contributed by atoms with Gasteiger partial charge in [0.05, 0.1) is 6.04 Å². The van der Waals surface area contributed by atoms with E-state index in [0.29, 0.717) is 6.54 Å². The van der Waals surface area contributed by atoms with Gasteiger partial charge in [0.1, 0.15) is 0 Å². The number of anilines is 1. The molecule has 0 aromatic heterocycles. The summed E-state index contributed by atoms with van der Waals surface area (Å²) in [5.41, 5.74) is 8.23. The van der Waals surface area contributed by atoms with Crippen LogP contribution in [0.3, 0.4) is 0 Å². The van der Waals surface area contributed by atoms with Crippen molar-refractivity contribution in [1.29, 1.82) is 0 Å². The van der Waals surface area contributed by atoms with Gasteiger partial charge >= 0.3 is 0 Å². The summed E-state index contributed by atoms with van der Waals surface area (Å²) >= 11 is 9.86. The molecule has 106 valence electrons. The fourth-order valence-corrected chi connectivity index (χ4v) is 3.02. The number of halogens is 2. The van der Waals surface area contributed by atoms with Crippen LogP contribution in [-0.4, -0.2) is 13.1 Å². The maximum absolute atomic E-state index is 6.36. The van der Waals surface area contributed by atoms with E-state index >= 15 is 0 Å². The number of nitrogens with zero attached hydrogens (tertiary/aromatic N) is 1. The van der Waals surface area contributed by atoms with Crippen LogP contribution in [-0.2, 0) is 0 Å². The van der Waals surface area contributed by atoms with Gasteiger partial charge in [-0.3, -0.25) is 0 Å². The summed E-state index contributed by atoms with van der Waals surface area (Å²) in [5.74, 6) is 0. The maximum Gasteiger partial charge on any atom is 0.0679 e. The van der Waals surface area contributed by atoms with Crippen molar-refractivity contribution >= 4 is 33.2 Å². The Labute approximate surface area is 133 Å². The Morgan fingerprint density at radius 3 is 2.50 bits per heavy atom. The molecule has 20 heavy (non-hydrogen) atoms. The first kappa shape index (κ1) is 15.4. The summed E-state index contributed by atoms with van der Waals surface area (Å²) in [6.45, 7) is 3.51. The van der Waals surface area contributed by atoms with Crippen molar-refractivity contribution in [3.63, 3.8) is 0 Å². The van der Waals surface area contributed by atoms with E-state index in [9.17, 15) is 0 Å². The Morgan fingerprint density at radius 2 is 1.90 bits per heavy atom. The minimum Gasteiger partial charge on any atom is -0.363 e. The zero-order valence-electron chi connectivity index (χ0n) is 11.4. The first-order valence-corrected chi connectivity index (χ1v) is 7.81. The van der Waals surface area contributed by atoms with Gasteiger partial charge in [-0.25, -0.2) is 0 Å². The van der Waals surface area contributed by atoms with Crippen molar-refractivity contribution in [1.82, 2.24) is 0 Å². The third kappa shape index (κ3) is 3.35. The summed E-state index contributed by atoms with van der Waals surface area (Å²) in [7, 11) is 0. The molecule has 1 unspecified atom stereocenters. The van der Waals surface area contributed by atoms with Crippen LogP contribution in [0.4, 0.5) is 5.69 Å². The number of benzene rings is 2. The van der Waals surface area contributed by atoms with Crippen molar-refractivity contribution in [2.24, 2.45) is 5.73 Å². The molecule has 1 atom stereocenters. The third-order valence-electron chi connectivity index (χ3n) is 3.35. The summed E-state index contributed by atoms with van der Waals surface area (Å²) < 4.78 is 1.01. The Bertz CT molecular complexity index is 560. The highest BCUT2D eigenvalue weighted by Gasteiger charge is 2.20. The normalized spacial score (nSPS) is 12.2. The van der Waals surface area contributed by atoms with E-state index in [0.717, 1.165) is 27.3 Å². The van der Waals surface area contributed by atoms with Gasteiger partial charge in [-0.1, -0.05) is 45.7 Å². The molecule has 0 amide bonds. The molecule has 0 heterocycles. The molecule has 0 saturated heterocycles.